The molecule has 0 saturated carbocycles. The molecule has 0 fully saturated rings. The summed E-state index contributed by atoms with van der Waals surface area (Å²) in [6.07, 6.45) is 0. The van der Waals surface area contributed by atoms with Gasteiger partial charge in [-0.1, -0.05) is 40.5 Å². The third kappa shape index (κ3) is 5.35. The van der Waals surface area contributed by atoms with Gasteiger partial charge in [0.25, 0.3) is 0 Å². The van der Waals surface area contributed by atoms with Gasteiger partial charge in [-0.2, -0.15) is 5.10 Å². The first kappa shape index (κ1) is 20.5. The van der Waals surface area contributed by atoms with E-state index >= 15 is 0 Å². The fraction of sp³-hybridized carbons (Fsp3) is 0.167. The molecule has 0 spiro atoms. The number of carbonyl (C=O) groups is 2. The number of hydrogen-bond acceptors (Lipinski definition) is 7. The number of anilines is 1. The van der Waals surface area contributed by atoms with E-state index in [4.69, 9.17) is 27.9 Å². The number of ketones is 1. The fourth-order valence-corrected chi connectivity index (χ4v) is 2.39. The Bertz CT molecular complexity index is 869. The molecule has 9 heteroatoms. The monoisotopic (exact) mass is 407 g/mol. The first-order valence-corrected chi connectivity index (χ1v) is 8.61. The van der Waals surface area contributed by atoms with Crippen molar-refractivity contribution >= 4 is 46.4 Å². The predicted molar refractivity (Wildman–Crippen MR) is 105 cm³/mol. The molecule has 0 aliphatic rings. The van der Waals surface area contributed by atoms with Gasteiger partial charge in [-0.3, -0.25) is 10.2 Å². The number of halogens is 2. The van der Waals surface area contributed by atoms with Crippen LogP contribution in [0.25, 0.3) is 0 Å². The van der Waals surface area contributed by atoms with Crippen LogP contribution in [0.5, 0.6) is 0 Å². The molecule has 27 heavy (non-hydrogen) atoms. The summed E-state index contributed by atoms with van der Waals surface area (Å²) in [6, 6.07) is 10.8. The topological polar surface area (TPSA) is 97.2 Å². The second-order valence-corrected chi connectivity index (χ2v) is 6.03. The molecule has 1 N–H and O–H groups in total. The smallest absolute Gasteiger partial charge is 0.357 e. The summed E-state index contributed by atoms with van der Waals surface area (Å²) < 4.78 is 4.90. The van der Waals surface area contributed by atoms with Crippen molar-refractivity contribution in [3.05, 3.63) is 69.0 Å². The zero-order valence-electron chi connectivity index (χ0n) is 14.2. The number of para-hydroxylation sites is 1. The number of nitroso groups, excluding NO2 is 1. The Hall–Kier alpha value is -2.77. The fourth-order valence-electron chi connectivity index (χ4n) is 2.09. The van der Waals surface area contributed by atoms with E-state index in [0.717, 1.165) is 0 Å². The second kappa shape index (κ2) is 9.80. The quantitative estimate of drug-likeness (QED) is 0.230. The van der Waals surface area contributed by atoms with Gasteiger partial charge in [0.15, 0.2) is 11.5 Å². The Morgan fingerprint density at radius 1 is 1.11 bits per heavy atom. The Kier molecular flexibility index (Phi) is 7.45. The molecule has 0 amide bonds. The van der Waals surface area contributed by atoms with Crippen molar-refractivity contribution in [1.29, 1.82) is 0 Å². The number of esters is 1. The van der Waals surface area contributed by atoms with Gasteiger partial charge in [-0.15, -0.1) is 4.91 Å². The molecule has 0 aliphatic carbocycles. The third-order valence-corrected chi connectivity index (χ3v) is 3.98. The van der Waals surface area contributed by atoms with Crippen LogP contribution in [0.2, 0.25) is 10.0 Å². The molecule has 0 saturated heterocycles. The van der Waals surface area contributed by atoms with Crippen LogP contribution in [-0.2, 0) is 9.53 Å². The zero-order chi connectivity index (χ0) is 19.8. The van der Waals surface area contributed by atoms with Crippen LogP contribution in [0.15, 0.2) is 58.8 Å². The number of ether oxygens (including phenoxy) is 1. The number of nitrogens with zero attached hydrogens (tertiary/aromatic N) is 2. The van der Waals surface area contributed by atoms with E-state index in [1.54, 1.807) is 31.2 Å². The molecule has 2 rings (SSSR count). The molecule has 0 bridgehead atoms. The van der Waals surface area contributed by atoms with Gasteiger partial charge >= 0.3 is 5.97 Å². The maximum Gasteiger partial charge on any atom is 0.357 e. The summed E-state index contributed by atoms with van der Waals surface area (Å²) in [5.41, 5.74) is 2.62. The molecule has 0 heterocycles. The van der Waals surface area contributed by atoms with Crippen LogP contribution >= 0.6 is 23.2 Å². The number of hydrogen-bond donors (Lipinski definition) is 1. The van der Waals surface area contributed by atoms with Crippen molar-refractivity contribution < 1.29 is 14.3 Å². The maximum absolute atomic E-state index is 12.6. The van der Waals surface area contributed by atoms with Crippen LogP contribution < -0.4 is 5.43 Å². The minimum Gasteiger partial charge on any atom is -0.461 e. The first-order chi connectivity index (χ1) is 13.0. The molecule has 1 unspecified atom stereocenters. The highest BCUT2D eigenvalue weighted by molar-refractivity contribution is 6.44. The van der Waals surface area contributed by atoms with Gasteiger partial charge in [-0.05, 0) is 43.3 Å². The molecule has 1 atom stereocenters. The first-order valence-electron chi connectivity index (χ1n) is 7.85. The summed E-state index contributed by atoms with van der Waals surface area (Å²) >= 11 is 11.8. The number of nitrogens with one attached hydrogen (secondary N) is 1. The average molecular weight is 408 g/mol. The normalized spacial score (nSPS) is 12.2. The molecule has 0 radical (unpaired) electrons. The number of Topliss-reactive ketones (excluding diaryl/α,β-unsaturated/α-hetero) is 1. The van der Waals surface area contributed by atoms with Gasteiger partial charge < -0.3 is 4.74 Å². The minimum absolute atomic E-state index is 0.0324. The van der Waals surface area contributed by atoms with Gasteiger partial charge in [0.2, 0.25) is 6.04 Å². The van der Waals surface area contributed by atoms with E-state index in [-0.39, 0.29) is 12.2 Å². The molecule has 7 nitrogen and oxygen atoms in total. The number of hydrazone groups is 1. The lowest BCUT2D eigenvalue weighted by Crippen LogP contribution is -2.36. The Morgan fingerprint density at radius 3 is 2.37 bits per heavy atom. The predicted octanol–water partition coefficient (Wildman–Crippen LogP) is 4.34. The van der Waals surface area contributed by atoms with Gasteiger partial charge in [0, 0.05) is 10.6 Å². The van der Waals surface area contributed by atoms with E-state index in [1.165, 1.54) is 24.3 Å². The SMILES string of the molecule is CCOC(=O)/C(=N\Nc1ccccc1Cl)C(N=O)C(=O)c1ccc(Cl)cc1. The van der Waals surface area contributed by atoms with Crippen LogP contribution in [-0.4, -0.2) is 30.1 Å². The highest BCUT2D eigenvalue weighted by Crippen LogP contribution is 2.21. The lowest BCUT2D eigenvalue weighted by molar-refractivity contribution is -0.135. The maximum atomic E-state index is 12.6. The van der Waals surface area contributed by atoms with E-state index in [1.807, 2.05) is 0 Å². The number of carbonyl (C=O) groups excluding carboxylic acids is 2. The van der Waals surface area contributed by atoms with E-state index < -0.39 is 23.5 Å². The van der Waals surface area contributed by atoms with Crippen LogP contribution in [0.3, 0.4) is 0 Å². The van der Waals surface area contributed by atoms with Gasteiger partial charge in [0.1, 0.15) is 0 Å². The number of benzene rings is 2. The van der Waals surface area contributed by atoms with Crippen molar-refractivity contribution in [2.45, 2.75) is 13.0 Å². The number of rotatable bonds is 8. The van der Waals surface area contributed by atoms with E-state index in [2.05, 4.69) is 15.7 Å². The summed E-state index contributed by atoms with van der Waals surface area (Å²) in [4.78, 5) is 36.3. The molecule has 2 aromatic rings. The second-order valence-electron chi connectivity index (χ2n) is 5.19. The van der Waals surface area contributed by atoms with Crippen molar-refractivity contribution in [2.24, 2.45) is 10.3 Å². The molecule has 140 valence electrons. The lowest BCUT2D eigenvalue weighted by atomic mass is 10.0. The Labute approximate surface area is 165 Å². The van der Waals surface area contributed by atoms with Crippen LogP contribution in [0, 0.1) is 4.91 Å². The third-order valence-electron chi connectivity index (χ3n) is 3.40. The van der Waals surface area contributed by atoms with Crippen molar-refractivity contribution in [1.82, 2.24) is 0 Å². The van der Waals surface area contributed by atoms with Crippen molar-refractivity contribution in [3.8, 4) is 0 Å². The van der Waals surface area contributed by atoms with Crippen molar-refractivity contribution in [3.63, 3.8) is 0 Å². The largest absolute Gasteiger partial charge is 0.461 e. The van der Waals surface area contributed by atoms with E-state index in [0.29, 0.717) is 15.7 Å². The minimum atomic E-state index is -1.69. The lowest BCUT2D eigenvalue weighted by Gasteiger charge is -2.12. The zero-order valence-corrected chi connectivity index (χ0v) is 15.7. The molecule has 0 aliphatic heterocycles. The van der Waals surface area contributed by atoms with Crippen molar-refractivity contribution in [2.75, 3.05) is 12.0 Å². The Morgan fingerprint density at radius 2 is 1.78 bits per heavy atom. The van der Waals surface area contributed by atoms with Gasteiger partial charge in [0.05, 0.1) is 17.3 Å². The van der Waals surface area contributed by atoms with Gasteiger partial charge in [-0.25, -0.2) is 4.79 Å². The summed E-state index contributed by atoms with van der Waals surface area (Å²) in [6.45, 7) is 1.62. The summed E-state index contributed by atoms with van der Waals surface area (Å²) in [7, 11) is 0. The molecule has 2 aromatic carbocycles. The summed E-state index contributed by atoms with van der Waals surface area (Å²) in [5, 5.41) is 7.42. The van der Waals surface area contributed by atoms with Crippen LogP contribution in [0.1, 0.15) is 17.3 Å². The summed E-state index contributed by atoms with van der Waals surface area (Å²) in [5.74, 6) is -1.65. The molecular weight excluding hydrogens is 393 g/mol. The highest BCUT2D eigenvalue weighted by Gasteiger charge is 2.33. The Balaban J connectivity index is 2.37. The van der Waals surface area contributed by atoms with Crippen LogP contribution in [0.4, 0.5) is 5.69 Å². The highest BCUT2D eigenvalue weighted by atomic mass is 35.5. The van der Waals surface area contributed by atoms with E-state index in [9.17, 15) is 14.5 Å². The standard InChI is InChI=1S/C18H15Cl2N3O4/c1-2-27-18(25)16(22-21-14-6-4-3-5-13(14)20)15(23-26)17(24)11-7-9-12(19)10-8-11/h3-10,15,21H,2H2,1H3/b22-16-. The average Bonchev–Trinajstić information content (AvgIpc) is 2.66. The molecule has 0 aromatic heterocycles. The molecular formula is C18H15Cl2N3O4.